The number of carbonyl (C=O) groups is 3. The van der Waals surface area contributed by atoms with Crippen molar-refractivity contribution in [2.75, 3.05) is 5.32 Å². The molecule has 0 saturated heterocycles. The summed E-state index contributed by atoms with van der Waals surface area (Å²) in [5.41, 5.74) is 0.312. The van der Waals surface area contributed by atoms with Gasteiger partial charge in [0, 0.05) is 7.14 Å². The number of nitrogens with zero attached hydrogens (tertiary/aromatic N) is 2. The molecule has 0 aliphatic carbocycles. The van der Waals surface area contributed by atoms with E-state index in [1.807, 2.05) is 34.7 Å². The minimum absolute atomic E-state index is 0.0107. The van der Waals surface area contributed by atoms with Crippen LogP contribution in [-0.4, -0.2) is 28.1 Å². The number of azo groups is 1. The van der Waals surface area contributed by atoms with Crippen LogP contribution in [0.4, 0.5) is 17.1 Å². The highest BCUT2D eigenvalue weighted by atomic mass is 127. The van der Waals surface area contributed by atoms with Gasteiger partial charge in [0.1, 0.15) is 17.7 Å². The smallest absolute Gasteiger partial charge is 0.340 e. The van der Waals surface area contributed by atoms with Crippen LogP contribution in [0.3, 0.4) is 0 Å². The van der Waals surface area contributed by atoms with E-state index in [0.717, 1.165) is 3.57 Å². The van der Waals surface area contributed by atoms with E-state index in [2.05, 4.69) is 38.1 Å². The zero-order valence-electron chi connectivity index (χ0n) is 12.9. The number of carboxylic acid groups (broad SMARTS) is 2. The molecule has 8 nitrogen and oxygen atoms in total. The summed E-state index contributed by atoms with van der Waals surface area (Å²) >= 11 is 3.99. The van der Waals surface area contributed by atoms with Crippen molar-refractivity contribution < 1.29 is 24.6 Å². The Bertz CT molecular complexity index is 898. The van der Waals surface area contributed by atoms with E-state index in [-0.39, 0.29) is 16.9 Å². The summed E-state index contributed by atoms with van der Waals surface area (Å²) in [6.45, 7) is 0. The Labute approximate surface area is 175 Å². The number of anilines is 1. The van der Waals surface area contributed by atoms with E-state index in [1.165, 1.54) is 6.07 Å². The fourth-order valence-electron chi connectivity index (χ4n) is 1.93. The summed E-state index contributed by atoms with van der Waals surface area (Å²) in [5.74, 6) is -3.46. The largest absolute Gasteiger partial charge is 0.481 e. The number of amides is 1. The van der Waals surface area contributed by atoms with Gasteiger partial charge in [-0.25, -0.2) is 4.79 Å². The zero-order chi connectivity index (χ0) is 19.3. The average Bonchev–Trinajstić information content (AvgIpc) is 2.55. The minimum Gasteiger partial charge on any atom is -0.481 e. The predicted molar refractivity (Wildman–Crippen MR) is 110 cm³/mol. The molecular weight excluding hydrogens is 568 g/mol. The first kappa shape index (κ1) is 20.2. The highest BCUT2D eigenvalue weighted by molar-refractivity contribution is 14.1. The number of halogens is 2. The number of carbonyl (C=O) groups excluding carboxylic acids is 1. The average molecular weight is 579 g/mol. The lowest BCUT2D eigenvalue weighted by atomic mass is 10.1. The van der Waals surface area contributed by atoms with Gasteiger partial charge in [0.15, 0.2) is 0 Å². The molecule has 0 heterocycles. The van der Waals surface area contributed by atoms with Gasteiger partial charge >= 0.3 is 11.9 Å². The van der Waals surface area contributed by atoms with E-state index >= 15 is 0 Å². The minimum atomic E-state index is -1.32. The van der Waals surface area contributed by atoms with E-state index in [0.29, 0.717) is 9.26 Å². The molecule has 0 aliphatic rings. The summed E-state index contributed by atoms with van der Waals surface area (Å²) < 4.78 is 1.46. The Kier molecular flexibility index (Phi) is 7.02. The molecule has 2 rings (SSSR count). The van der Waals surface area contributed by atoms with Crippen molar-refractivity contribution in [3.05, 3.63) is 49.1 Å². The molecule has 2 aromatic carbocycles. The molecule has 0 spiro atoms. The van der Waals surface area contributed by atoms with Crippen molar-refractivity contribution in [3.8, 4) is 0 Å². The van der Waals surface area contributed by atoms with Gasteiger partial charge in [-0.05, 0) is 81.6 Å². The van der Waals surface area contributed by atoms with Gasteiger partial charge < -0.3 is 15.5 Å². The third-order valence-corrected chi connectivity index (χ3v) is 4.64. The first-order chi connectivity index (χ1) is 12.3. The molecule has 1 amide bonds. The maximum Gasteiger partial charge on any atom is 0.340 e. The maximum atomic E-state index is 11.7. The van der Waals surface area contributed by atoms with Crippen LogP contribution < -0.4 is 5.32 Å². The van der Waals surface area contributed by atoms with Crippen molar-refractivity contribution in [1.82, 2.24) is 0 Å². The van der Waals surface area contributed by atoms with Crippen LogP contribution in [0, 0.1) is 7.14 Å². The SMILES string of the molecule is O=C(O)CC(=O)Nc1c(I)ccc(N=Nc2ccc(I)cc2)c1C(=O)O. The van der Waals surface area contributed by atoms with Crippen LogP contribution in [0.2, 0.25) is 0 Å². The number of benzene rings is 2. The van der Waals surface area contributed by atoms with Gasteiger partial charge in [-0.2, -0.15) is 5.11 Å². The summed E-state index contributed by atoms with van der Waals surface area (Å²) in [5, 5.41) is 28.5. The fourth-order valence-corrected chi connectivity index (χ4v) is 2.87. The fraction of sp³-hybridized carbons (Fsp3) is 0.0625. The van der Waals surface area contributed by atoms with E-state index in [1.54, 1.807) is 18.2 Å². The zero-order valence-corrected chi connectivity index (χ0v) is 17.3. The van der Waals surface area contributed by atoms with Crippen molar-refractivity contribution in [2.45, 2.75) is 6.42 Å². The number of aromatic carboxylic acids is 1. The highest BCUT2D eigenvalue weighted by Crippen LogP contribution is 2.33. The molecule has 0 radical (unpaired) electrons. The molecule has 134 valence electrons. The molecule has 26 heavy (non-hydrogen) atoms. The summed E-state index contributed by atoms with van der Waals surface area (Å²) in [6, 6.07) is 10.2. The molecule has 0 unspecified atom stereocenters. The van der Waals surface area contributed by atoms with E-state index in [4.69, 9.17) is 5.11 Å². The summed E-state index contributed by atoms with van der Waals surface area (Å²) in [7, 11) is 0. The van der Waals surface area contributed by atoms with Crippen molar-refractivity contribution >= 4 is 80.1 Å². The Morgan fingerprint density at radius 1 is 0.962 bits per heavy atom. The molecule has 0 aliphatic heterocycles. The Balaban J connectivity index is 2.42. The molecule has 3 N–H and O–H groups in total. The van der Waals surface area contributed by atoms with Gasteiger partial charge in [0.25, 0.3) is 0 Å². The quantitative estimate of drug-likeness (QED) is 0.265. The molecule has 0 bridgehead atoms. The first-order valence-corrected chi connectivity index (χ1v) is 9.18. The normalized spacial score (nSPS) is 10.7. The van der Waals surface area contributed by atoms with Gasteiger partial charge in [-0.3, -0.25) is 9.59 Å². The van der Waals surface area contributed by atoms with E-state index < -0.39 is 24.3 Å². The van der Waals surface area contributed by atoms with Crippen molar-refractivity contribution in [1.29, 1.82) is 0 Å². The van der Waals surface area contributed by atoms with Gasteiger partial charge in [0.2, 0.25) is 5.91 Å². The summed E-state index contributed by atoms with van der Waals surface area (Å²) in [6.07, 6.45) is -0.774. The van der Waals surface area contributed by atoms with Crippen molar-refractivity contribution in [3.63, 3.8) is 0 Å². The van der Waals surface area contributed by atoms with Crippen LogP contribution in [0.15, 0.2) is 46.6 Å². The van der Waals surface area contributed by atoms with Crippen LogP contribution in [0.1, 0.15) is 16.8 Å². The third kappa shape index (κ3) is 5.45. The lowest BCUT2D eigenvalue weighted by molar-refractivity contribution is -0.139. The number of aliphatic carboxylic acids is 1. The lowest BCUT2D eigenvalue weighted by Gasteiger charge is -2.11. The van der Waals surface area contributed by atoms with Crippen LogP contribution >= 0.6 is 45.2 Å². The number of hydrogen-bond donors (Lipinski definition) is 3. The van der Waals surface area contributed by atoms with Crippen LogP contribution in [-0.2, 0) is 9.59 Å². The second-order valence-electron chi connectivity index (χ2n) is 4.92. The molecule has 0 aromatic heterocycles. The van der Waals surface area contributed by atoms with Gasteiger partial charge in [0.05, 0.1) is 11.4 Å². The second kappa shape index (κ2) is 9.02. The molecule has 0 atom stereocenters. The van der Waals surface area contributed by atoms with Gasteiger partial charge in [-0.15, -0.1) is 5.11 Å². The number of hydrogen-bond acceptors (Lipinski definition) is 5. The second-order valence-corrected chi connectivity index (χ2v) is 7.32. The van der Waals surface area contributed by atoms with Gasteiger partial charge in [-0.1, -0.05) is 0 Å². The highest BCUT2D eigenvalue weighted by Gasteiger charge is 2.21. The predicted octanol–water partition coefficient (Wildman–Crippen LogP) is 4.42. The maximum absolute atomic E-state index is 11.7. The summed E-state index contributed by atoms with van der Waals surface area (Å²) in [4.78, 5) is 34.1. The standard InChI is InChI=1S/C16H11I2N3O5/c17-8-1-3-9(4-2-8)20-21-11-6-5-10(18)15(14(11)16(25)26)19-12(22)7-13(23)24/h1-6H,7H2,(H,19,22)(H,23,24)(H,25,26). The van der Waals surface area contributed by atoms with Crippen LogP contribution in [0.5, 0.6) is 0 Å². The Morgan fingerprint density at radius 2 is 1.62 bits per heavy atom. The van der Waals surface area contributed by atoms with E-state index in [9.17, 15) is 19.5 Å². The lowest BCUT2D eigenvalue weighted by Crippen LogP contribution is -2.18. The topological polar surface area (TPSA) is 128 Å². The number of nitrogens with one attached hydrogen (secondary N) is 1. The monoisotopic (exact) mass is 579 g/mol. The number of carboxylic acids is 2. The van der Waals surface area contributed by atoms with Crippen molar-refractivity contribution in [2.24, 2.45) is 10.2 Å². The third-order valence-electron chi connectivity index (χ3n) is 3.02. The number of rotatable bonds is 6. The molecule has 10 heteroatoms. The molecule has 2 aromatic rings. The molecular formula is C16H11I2N3O5. The first-order valence-electron chi connectivity index (χ1n) is 7.02. The Hall–Kier alpha value is -2.09. The molecule has 0 saturated carbocycles. The van der Waals surface area contributed by atoms with Crippen LogP contribution in [0.25, 0.3) is 0 Å². The Morgan fingerprint density at radius 3 is 2.19 bits per heavy atom. The molecule has 0 fully saturated rings.